The predicted octanol–water partition coefficient (Wildman–Crippen LogP) is 2.62. The molecular weight excluding hydrogens is 242 g/mol. The number of hydrogen-bond donors (Lipinski definition) is 1. The van der Waals surface area contributed by atoms with E-state index in [1.54, 1.807) is 31.2 Å². The molecule has 0 aliphatic rings. The van der Waals surface area contributed by atoms with Gasteiger partial charge in [0.1, 0.15) is 5.75 Å². The summed E-state index contributed by atoms with van der Waals surface area (Å²) in [5, 5.41) is 9.96. The van der Waals surface area contributed by atoms with Gasteiger partial charge >= 0.3 is 0 Å². The average Bonchev–Trinajstić information content (AvgIpc) is 2.37. The zero-order valence-electron chi connectivity index (χ0n) is 12.1. The monoisotopic (exact) mass is 265 g/mol. The molecule has 1 aromatic carbocycles. The Kier molecular flexibility index (Phi) is 5.83. The normalized spacial score (nSPS) is 10.8. The van der Waals surface area contributed by atoms with Crippen molar-refractivity contribution in [1.29, 1.82) is 0 Å². The van der Waals surface area contributed by atoms with Gasteiger partial charge in [-0.25, -0.2) is 0 Å². The number of benzene rings is 1. The van der Waals surface area contributed by atoms with E-state index in [9.17, 15) is 9.90 Å². The van der Waals surface area contributed by atoms with Gasteiger partial charge in [0.05, 0.1) is 5.56 Å². The third-order valence-corrected chi connectivity index (χ3v) is 3.11. The van der Waals surface area contributed by atoms with Gasteiger partial charge in [-0.15, -0.1) is 0 Å². The highest BCUT2D eigenvalue weighted by Crippen LogP contribution is 2.24. The maximum atomic E-state index is 12.2. The van der Waals surface area contributed by atoms with E-state index in [2.05, 4.69) is 0 Å². The van der Waals surface area contributed by atoms with Gasteiger partial charge in [0.15, 0.2) is 0 Å². The molecule has 0 unspecified atom stereocenters. The molecule has 0 radical (unpaired) electrons. The molecule has 1 amide bonds. The van der Waals surface area contributed by atoms with Crippen molar-refractivity contribution in [2.45, 2.75) is 26.2 Å². The van der Waals surface area contributed by atoms with Crippen molar-refractivity contribution >= 4 is 5.91 Å². The molecule has 0 fully saturated rings. The minimum atomic E-state index is -0.163. The van der Waals surface area contributed by atoms with E-state index in [0.29, 0.717) is 24.6 Å². The van der Waals surface area contributed by atoms with Crippen molar-refractivity contribution in [1.82, 2.24) is 4.90 Å². The van der Waals surface area contributed by atoms with Gasteiger partial charge in [0, 0.05) is 27.3 Å². The fraction of sp³-hybridized carbons (Fsp3) is 0.533. The van der Waals surface area contributed by atoms with E-state index >= 15 is 0 Å². The molecule has 19 heavy (non-hydrogen) atoms. The smallest absolute Gasteiger partial charge is 0.257 e. The fourth-order valence-electron chi connectivity index (χ4n) is 1.84. The van der Waals surface area contributed by atoms with Crippen molar-refractivity contribution < 1.29 is 14.6 Å². The lowest BCUT2D eigenvalue weighted by molar-refractivity contribution is 0.0776. The van der Waals surface area contributed by atoms with Gasteiger partial charge in [-0.1, -0.05) is 19.9 Å². The molecule has 4 heteroatoms. The molecular formula is C15H23NO3. The number of phenols is 1. The Labute approximate surface area is 115 Å². The molecule has 0 spiro atoms. The second kappa shape index (κ2) is 7.14. The van der Waals surface area contributed by atoms with Gasteiger partial charge in [-0.05, 0) is 30.0 Å². The zero-order valence-corrected chi connectivity index (χ0v) is 12.1. The summed E-state index contributed by atoms with van der Waals surface area (Å²) < 4.78 is 4.96. The Balaban J connectivity index is 2.76. The number of rotatable bonds is 6. The molecule has 0 aromatic heterocycles. The number of carbonyl (C=O) groups excluding carboxylic acids is 1. The van der Waals surface area contributed by atoms with Crippen LogP contribution in [0.4, 0.5) is 0 Å². The maximum absolute atomic E-state index is 12.2. The summed E-state index contributed by atoms with van der Waals surface area (Å²) in [5.74, 6) is 0.216. The van der Waals surface area contributed by atoms with Crippen molar-refractivity contribution in [2.24, 2.45) is 0 Å². The van der Waals surface area contributed by atoms with Crippen LogP contribution < -0.4 is 0 Å². The lowest BCUT2D eigenvalue weighted by atomic mass is 10.0. The minimum absolute atomic E-state index is 0.0507. The van der Waals surface area contributed by atoms with Crippen LogP contribution >= 0.6 is 0 Å². The molecule has 0 bridgehead atoms. The van der Waals surface area contributed by atoms with Crippen LogP contribution in [0.3, 0.4) is 0 Å². The summed E-state index contributed by atoms with van der Waals surface area (Å²) in [6, 6.07) is 5.25. The van der Waals surface area contributed by atoms with Crippen LogP contribution in [0.2, 0.25) is 0 Å². The van der Waals surface area contributed by atoms with Gasteiger partial charge in [-0.2, -0.15) is 0 Å². The highest BCUT2D eigenvalue weighted by Gasteiger charge is 2.16. The van der Waals surface area contributed by atoms with Gasteiger partial charge < -0.3 is 14.7 Å². The Hall–Kier alpha value is -1.55. The molecule has 0 aliphatic carbocycles. The topological polar surface area (TPSA) is 49.8 Å². The third-order valence-electron chi connectivity index (χ3n) is 3.11. The molecule has 0 atom stereocenters. The zero-order chi connectivity index (χ0) is 14.4. The lowest BCUT2D eigenvalue weighted by Crippen LogP contribution is -2.28. The standard InChI is InChI=1S/C15H23NO3/c1-11(2)12-6-7-13(14(17)10-12)15(18)16(3)8-5-9-19-4/h6-7,10-11,17H,5,8-9H2,1-4H3. The first kappa shape index (κ1) is 15.5. The number of phenolic OH excluding ortho intramolecular Hbond substituents is 1. The van der Waals surface area contributed by atoms with Gasteiger partial charge in [0.25, 0.3) is 5.91 Å². The molecule has 0 saturated heterocycles. The quantitative estimate of drug-likeness (QED) is 0.804. The van der Waals surface area contributed by atoms with Crippen LogP contribution in [0.15, 0.2) is 18.2 Å². The third kappa shape index (κ3) is 4.24. The summed E-state index contributed by atoms with van der Waals surface area (Å²) in [4.78, 5) is 13.8. The molecule has 1 rings (SSSR count). The first-order valence-corrected chi connectivity index (χ1v) is 6.54. The van der Waals surface area contributed by atoms with Crippen LogP contribution in [0.5, 0.6) is 5.75 Å². The average molecular weight is 265 g/mol. The fourth-order valence-corrected chi connectivity index (χ4v) is 1.84. The Morgan fingerprint density at radius 1 is 1.42 bits per heavy atom. The predicted molar refractivity (Wildman–Crippen MR) is 75.6 cm³/mol. The summed E-state index contributed by atoms with van der Waals surface area (Å²) in [5.41, 5.74) is 1.38. The summed E-state index contributed by atoms with van der Waals surface area (Å²) in [6.45, 7) is 5.33. The van der Waals surface area contributed by atoms with Crippen LogP contribution in [-0.2, 0) is 4.74 Å². The van der Waals surface area contributed by atoms with E-state index in [0.717, 1.165) is 12.0 Å². The minimum Gasteiger partial charge on any atom is -0.507 e. The Morgan fingerprint density at radius 3 is 2.63 bits per heavy atom. The number of methoxy groups -OCH3 is 1. The van der Waals surface area contributed by atoms with Crippen molar-refractivity contribution in [2.75, 3.05) is 27.3 Å². The van der Waals surface area contributed by atoms with E-state index < -0.39 is 0 Å². The number of ether oxygens (including phenoxy) is 1. The van der Waals surface area contributed by atoms with Gasteiger partial charge in [0.2, 0.25) is 0 Å². The molecule has 0 saturated carbocycles. The highest BCUT2D eigenvalue weighted by atomic mass is 16.5. The van der Waals surface area contributed by atoms with Crippen LogP contribution in [0, 0.1) is 0 Å². The highest BCUT2D eigenvalue weighted by molar-refractivity contribution is 5.96. The summed E-state index contributed by atoms with van der Waals surface area (Å²) >= 11 is 0. The van der Waals surface area contributed by atoms with E-state index in [4.69, 9.17) is 4.74 Å². The van der Waals surface area contributed by atoms with Crippen LogP contribution in [0.25, 0.3) is 0 Å². The Bertz CT molecular complexity index is 429. The lowest BCUT2D eigenvalue weighted by Gasteiger charge is -2.18. The molecule has 0 heterocycles. The van der Waals surface area contributed by atoms with Crippen molar-refractivity contribution in [3.05, 3.63) is 29.3 Å². The first-order chi connectivity index (χ1) is 8.97. The SMILES string of the molecule is COCCCN(C)C(=O)c1ccc(C(C)C)cc1O. The van der Waals surface area contributed by atoms with E-state index in [1.165, 1.54) is 0 Å². The second-order valence-corrected chi connectivity index (χ2v) is 5.00. The van der Waals surface area contributed by atoms with E-state index in [-0.39, 0.29) is 11.7 Å². The number of carbonyl (C=O) groups is 1. The van der Waals surface area contributed by atoms with E-state index in [1.807, 2.05) is 19.9 Å². The van der Waals surface area contributed by atoms with Crippen LogP contribution in [-0.4, -0.2) is 43.2 Å². The number of aromatic hydroxyl groups is 1. The molecule has 1 N–H and O–H groups in total. The van der Waals surface area contributed by atoms with Gasteiger partial charge in [-0.3, -0.25) is 4.79 Å². The van der Waals surface area contributed by atoms with Crippen molar-refractivity contribution in [3.63, 3.8) is 0 Å². The summed E-state index contributed by atoms with van der Waals surface area (Å²) in [7, 11) is 3.37. The maximum Gasteiger partial charge on any atom is 0.257 e. The van der Waals surface area contributed by atoms with Crippen LogP contribution in [0.1, 0.15) is 42.1 Å². The molecule has 4 nitrogen and oxygen atoms in total. The summed E-state index contributed by atoms with van der Waals surface area (Å²) in [6.07, 6.45) is 0.781. The number of amides is 1. The largest absolute Gasteiger partial charge is 0.507 e. The van der Waals surface area contributed by atoms with Crippen molar-refractivity contribution in [3.8, 4) is 5.75 Å². The molecule has 1 aromatic rings. The Morgan fingerprint density at radius 2 is 2.11 bits per heavy atom. The number of hydrogen-bond acceptors (Lipinski definition) is 3. The number of nitrogens with zero attached hydrogens (tertiary/aromatic N) is 1. The second-order valence-electron chi connectivity index (χ2n) is 5.00. The molecule has 0 aliphatic heterocycles. The first-order valence-electron chi connectivity index (χ1n) is 6.54. The molecule has 106 valence electrons.